The van der Waals surface area contributed by atoms with E-state index in [-0.39, 0.29) is 36.4 Å². The first-order valence-electron chi connectivity index (χ1n) is 9.09. The van der Waals surface area contributed by atoms with Crippen molar-refractivity contribution >= 4 is 30.1 Å². The van der Waals surface area contributed by atoms with Gasteiger partial charge in [-0.05, 0) is 49.2 Å². The molecule has 7 heteroatoms. The van der Waals surface area contributed by atoms with Gasteiger partial charge in [0.05, 0.1) is 17.9 Å². The molecule has 2 aromatic carbocycles. The maximum absolute atomic E-state index is 14.7. The molecule has 2 aromatic rings. The number of halogens is 2. The zero-order chi connectivity index (χ0) is 18.8. The smallest absolute Gasteiger partial charge is 0.255 e. The molecule has 5 nitrogen and oxygen atoms in total. The Balaban J connectivity index is 0.00000225. The Morgan fingerprint density at radius 1 is 1.32 bits per heavy atom. The van der Waals surface area contributed by atoms with Gasteiger partial charge in [0.15, 0.2) is 11.5 Å². The number of benzene rings is 2. The van der Waals surface area contributed by atoms with E-state index in [0.717, 1.165) is 17.7 Å². The van der Waals surface area contributed by atoms with E-state index < -0.39 is 0 Å². The summed E-state index contributed by atoms with van der Waals surface area (Å²) < 4.78 is 26.0. The fourth-order valence-electron chi connectivity index (χ4n) is 3.41. The van der Waals surface area contributed by atoms with Crippen LogP contribution in [0.3, 0.4) is 0 Å². The molecule has 148 valence electrons. The Hall–Kier alpha value is -2.57. The lowest BCUT2D eigenvalue weighted by Gasteiger charge is -2.21. The van der Waals surface area contributed by atoms with Crippen molar-refractivity contribution in [2.75, 3.05) is 25.1 Å². The molecule has 2 aliphatic heterocycles. The summed E-state index contributed by atoms with van der Waals surface area (Å²) in [5.74, 6) is 0.567. The van der Waals surface area contributed by atoms with Crippen molar-refractivity contribution in [2.45, 2.75) is 19.9 Å². The number of carbonyl (C=O) groups excluding carboxylic acids is 1. The highest BCUT2D eigenvalue weighted by molar-refractivity contribution is 6.07. The topological polar surface area (TPSA) is 59.6 Å². The van der Waals surface area contributed by atoms with Gasteiger partial charge in [-0.1, -0.05) is 18.2 Å². The van der Waals surface area contributed by atoms with Crippen molar-refractivity contribution in [2.24, 2.45) is 0 Å². The summed E-state index contributed by atoms with van der Waals surface area (Å²) in [6.45, 7) is 3.93. The minimum atomic E-state index is -0.366. The predicted molar refractivity (Wildman–Crippen MR) is 109 cm³/mol. The van der Waals surface area contributed by atoms with E-state index in [4.69, 9.17) is 9.47 Å². The first-order chi connectivity index (χ1) is 13.2. The first kappa shape index (κ1) is 20.2. The van der Waals surface area contributed by atoms with Crippen LogP contribution >= 0.6 is 12.4 Å². The number of rotatable bonds is 4. The average molecular weight is 405 g/mol. The number of carbonyl (C=O) groups is 1. The van der Waals surface area contributed by atoms with Crippen LogP contribution in [0.4, 0.5) is 10.1 Å². The minimum absolute atomic E-state index is 0. The monoisotopic (exact) mass is 404 g/mol. The Morgan fingerprint density at radius 3 is 3.00 bits per heavy atom. The summed E-state index contributed by atoms with van der Waals surface area (Å²) in [6, 6.07) is 9.01. The van der Waals surface area contributed by atoms with E-state index in [1.165, 1.54) is 0 Å². The van der Waals surface area contributed by atoms with Gasteiger partial charge in [-0.25, -0.2) is 4.39 Å². The highest BCUT2D eigenvalue weighted by Gasteiger charge is 2.22. The Kier molecular flexibility index (Phi) is 6.21. The number of ether oxygens (including phenoxy) is 2. The molecule has 0 fully saturated rings. The molecule has 2 aliphatic rings. The van der Waals surface area contributed by atoms with Crippen LogP contribution in [0.5, 0.6) is 11.5 Å². The van der Waals surface area contributed by atoms with Crippen LogP contribution in [0.25, 0.3) is 6.08 Å². The zero-order valence-electron chi connectivity index (χ0n) is 15.5. The maximum atomic E-state index is 14.7. The number of anilines is 1. The summed E-state index contributed by atoms with van der Waals surface area (Å²) in [6.07, 6.45) is 2.38. The van der Waals surface area contributed by atoms with Gasteiger partial charge in [0.1, 0.15) is 12.4 Å². The van der Waals surface area contributed by atoms with Crippen molar-refractivity contribution in [1.82, 2.24) is 5.32 Å². The molecule has 0 spiro atoms. The number of para-hydroxylation sites is 1. The van der Waals surface area contributed by atoms with Crippen molar-refractivity contribution in [3.63, 3.8) is 0 Å². The van der Waals surface area contributed by atoms with Crippen LogP contribution in [-0.2, 0) is 17.8 Å². The predicted octanol–water partition coefficient (Wildman–Crippen LogP) is 3.71. The van der Waals surface area contributed by atoms with E-state index in [1.807, 2.05) is 31.2 Å². The first-order valence-corrected chi connectivity index (χ1v) is 9.09. The molecular formula is C21H22ClFN2O3. The molecule has 1 amide bonds. The average Bonchev–Trinajstić information content (AvgIpc) is 2.70. The molecule has 0 radical (unpaired) electrons. The van der Waals surface area contributed by atoms with E-state index in [9.17, 15) is 9.18 Å². The molecule has 4 rings (SSSR count). The molecule has 0 bridgehead atoms. The lowest BCUT2D eigenvalue weighted by atomic mass is 9.99. The van der Waals surface area contributed by atoms with Gasteiger partial charge in [-0.2, -0.15) is 0 Å². The van der Waals surface area contributed by atoms with Crippen LogP contribution in [-0.4, -0.2) is 25.7 Å². The van der Waals surface area contributed by atoms with Crippen molar-refractivity contribution in [3.05, 3.63) is 58.4 Å². The molecule has 0 aromatic heterocycles. The van der Waals surface area contributed by atoms with Crippen molar-refractivity contribution < 1.29 is 18.7 Å². The molecule has 0 saturated heterocycles. The van der Waals surface area contributed by atoms with Crippen LogP contribution in [0.15, 0.2) is 35.9 Å². The molecule has 0 aliphatic carbocycles. The highest BCUT2D eigenvalue weighted by atomic mass is 35.5. The number of amides is 1. The van der Waals surface area contributed by atoms with Crippen LogP contribution in [0.2, 0.25) is 0 Å². The van der Waals surface area contributed by atoms with Crippen LogP contribution in [0.1, 0.15) is 23.6 Å². The third-order valence-electron chi connectivity index (χ3n) is 4.76. The standard InChI is InChI=1S/C21H21FN2O3.ClH/c1-2-26-18-5-3-4-13-10-15(12-27-20(13)18)21(25)24-17-7-6-14-11-23-9-8-16(14)19(17)22;/h3-7,10,23H,2,8-9,11-12H2,1H3,(H,24,25);1H. The summed E-state index contributed by atoms with van der Waals surface area (Å²) in [5.41, 5.74) is 3.03. The van der Waals surface area contributed by atoms with Gasteiger partial charge in [0, 0.05) is 12.1 Å². The SMILES string of the molecule is CCOc1cccc2c1OCC(C(=O)Nc1ccc3c(c1F)CCNC3)=C2.Cl. The lowest BCUT2D eigenvalue weighted by Crippen LogP contribution is -2.26. The fraction of sp³-hybridized carbons (Fsp3) is 0.286. The summed E-state index contributed by atoms with van der Waals surface area (Å²) in [4.78, 5) is 12.6. The third kappa shape index (κ3) is 3.84. The maximum Gasteiger partial charge on any atom is 0.255 e. The summed E-state index contributed by atoms with van der Waals surface area (Å²) >= 11 is 0. The largest absolute Gasteiger partial charge is 0.490 e. The Bertz CT molecular complexity index is 930. The zero-order valence-corrected chi connectivity index (χ0v) is 16.3. The second-order valence-electron chi connectivity index (χ2n) is 6.51. The second kappa shape index (κ2) is 8.63. The van der Waals surface area contributed by atoms with Crippen LogP contribution in [0, 0.1) is 5.82 Å². The highest BCUT2D eigenvalue weighted by Crippen LogP contribution is 2.36. The molecule has 2 N–H and O–H groups in total. The van der Waals surface area contributed by atoms with Crippen LogP contribution < -0.4 is 20.1 Å². The summed E-state index contributed by atoms with van der Waals surface area (Å²) in [5, 5.41) is 5.90. The third-order valence-corrected chi connectivity index (χ3v) is 4.76. The van der Waals surface area contributed by atoms with Gasteiger partial charge in [0.2, 0.25) is 0 Å². The molecular weight excluding hydrogens is 383 g/mol. The second-order valence-corrected chi connectivity index (χ2v) is 6.51. The quantitative estimate of drug-likeness (QED) is 0.815. The van der Waals surface area contributed by atoms with E-state index in [1.54, 1.807) is 12.1 Å². The molecule has 28 heavy (non-hydrogen) atoms. The van der Waals surface area contributed by atoms with Crippen molar-refractivity contribution in [1.29, 1.82) is 0 Å². The number of hydrogen-bond acceptors (Lipinski definition) is 4. The lowest BCUT2D eigenvalue weighted by molar-refractivity contribution is -0.113. The molecule has 0 saturated carbocycles. The van der Waals surface area contributed by atoms with E-state index >= 15 is 0 Å². The van der Waals surface area contributed by atoms with Gasteiger partial charge in [-0.15, -0.1) is 12.4 Å². The van der Waals surface area contributed by atoms with E-state index in [0.29, 0.717) is 42.2 Å². The fourth-order valence-corrected chi connectivity index (χ4v) is 3.41. The number of hydrogen-bond donors (Lipinski definition) is 2. The van der Waals surface area contributed by atoms with Gasteiger partial charge >= 0.3 is 0 Å². The van der Waals surface area contributed by atoms with Gasteiger partial charge in [0.25, 0.3) is 5.91 Å². The Labute approximate surface area is 169 Å². The molecule has 0 atom stereocenters. The minimum Gasteiger partial charge on any atom is -0.490 e. The molecule has 0 unspecified atom stereocenters. The van der Waals surface area contributed by atoms with E-state index in [2.05, 4.69) is 10.6 Å². The number of nitrogens with one attached hydrogen (secondary N) is 2. The van der Waals surface area contributed by atoms with Gasteiger partial charge in [-0.3, -0.25) is 4.79 Å². The normalized spacial score (nSPS) is 14.6. The van der Waals surface area contributed by atoms with Gasteiger partial charge < -0.3 is 20.1 Å². The summed E-state index contributed by atoms with van der Waals surface area (Å²) in [7, 11) is 0. The number of fused-ring (bicyclic) bond motifs is 2. The molecule has 2 heterocycles. The van der Waals surface area contributed by atoms with Crippen molar-refractivity contribution in [3.8, 4) is 11.5 Å². The Morgan fingerprint density at radius 2 is 2.18 bits per heavy atom.